The van der Waals surface area contributed by atoms with Gasteiger partial charge in [-0.05, 0) is 25.0 Å². The van der Waals surface area contributed by atoms with Crippen LogP contribution in [0.25, 0.3) is 0 Å². The SMILES string of the molecule is NC(=S)c1cccc(C(=O)N2CCC(OCCO)CC2)c1. The van der Waals surface area contributed by atoms with Crippen LogP contribution in [-0.4, -0.2) is 53.3 Å². The number of hydrogen-bond acceptors (Lipinski definition) is 4. The Labute approximate surface area is 129 Å². The summed E-state index contributed by atoms with van der Waals surface area (Å²) in [6.45, 7) is 1.71. The maximum absolute atomic E-state index is 12.5. The number of amides is 1. The highest BCUT2D eigenvalue weighted by atomic mass is 32.1. The zero-order chi connectivity index (χ0) is 15.2. The van der Waals surface area contributed by atoms with Crippen molar-refractivity contribution in [1.29, 1.82) is 0 Å². The van der Waals surface area contributed by atoms with Crippen molar-refractivity contribution in [2.45, 2.75) is 18.9 Å². The molecule has 5 nitrogen and oxygen atoms in total. The first kappa shape index (κ1) is 15.9. The molecule has 0 radical (unpaired) electrons. The Morgan fingerprint density at radius 2 is 2.05 bits per heavy atom. The van der Waals surface area contributed by atoms with Crippen molar-refractivity contribution < 1.29 is 14.6 Å². The second-order valence-corrected chi connectivity index (χ2v) is 5.47. The summed E-state index contributed by atoms with van der Waals surface area (Å²) in [6, 6.07) is 7.10. The predicted molar refractivity (Wildman–Crippen MR) is 84.3 cm³/mol. The van der Waals surface area contributed by atoms with Crippen LogP contribution in [0.15, 0.2) is 24.3 Å². The first-order valence-corrected chi connectivity index (χ1v) is 7.44. The number of carbonyl (C=O) groups excluding carboxylic acids is 1. The highest BCUT2D eigenvalue weighted by Gasteiger charge is 2.24. The van der Waals surface area contributed by atoms with Crippen molar-refractivity contribution in [3.05, 3.63) is 35.4 Å². The van der Waals surface area contributed by atoms with Crippen LogP contribution in [0.1, 0.15) is 28.8 Å². The van der Waals surface area contributed by atoms with Crippen molar-refractivity contribution in [3.63, 3.8) is 0 Å². The lowest BCUT2D eigenvalue weighted by Crippen LogP contribution is -2.41. The lowest BCUT2D eigenvalue weighted by atomic mass is 10.0. The number of aliphatic hydroxyl groups is 1. The number of nitrogens with two attached hydrogens (primary N) is 1. The lowest BCUT2D eigenvalue weighted by Gasteiger charge is -2.32. The first-order valence-electron chi connectivity index (χ1n) is 7.03. The summed E-state index contributed by atoms with van der Waals surface area (Å²) < 4.78 is 5.49. The highest BCUT2D eigenvalue weighted by molar-refractivity contribution is 7.80. The Kier molecular flexibility index (Phi) is 5.67. The van der Waals surface area contributed by atoms with Crippen LogP contribution in [0.5, 0.6) is 0 Å². The molecule has 6 heteroatoms. The van der Waals surface area contributed by atoms with Crippen molar-refractivity contribution >= 4 is 23.1 Å². The molecule has 0 saturated carbocycles. The topological polar surface area (TPSA) is 75.8 Å². The molecule has 0 aliphatic carbocycles. The molecule has 1 aliphatic rings. The molecule has 1 aliphatic heterocycles. The molecule has 0 spiro atoms. The van der Waals surface area contributed by atoms with E-state index in [0.29, 0.717) is 35.8 Å². The molecule has 2 rings (SSSR count). The van der Waals surface area contributed by atoms with E-state index in [9.17, 15) is 4.79 Å². The number of thiocarbonyl (C=S) groups is 1. The molecule has 21 heavy (non-hydrogen) atoms. The Hall–Kier alpha value is -1.50. The number of piperidine rings is 1. The Bertz CT molecular complexity index is 513. The van der Waals surface area contributed by atoms with Crippen LogP contribution >= 0.6 is 12.2 Å². The van der Waals surface area contributed by atoms with E-state index in [1.54, 1.807) is 24.3 Å². The molecule has 0 atom stereocenters. The van der Waals surface area contributed by atoms with Gasteiger partial charge in [0.1, 0.15) is 4.99 Å². The molecule has 1 amide bonds. The van der Waals surface area contributed by atoms with Crippen molar-refractivity contribution in [3.8, 4) is 0 Å². The third-order valence-corrected chi connectivity index (χ3v) is 3.80. The number of carbonyl (C=O) groups is 1. The van der Waals surface area contributed by atoms with Gasteiger partial charge in [-0.25, -0.2) is 0 Å². The van der Waals surface area contributed by atoms with E-state index in [0.717, 1.165) is 12.8 Å². The van der Waals surface area contributed by atoms with Gasteiger partial charge in [0.25, 0.3) is 5.91 Å². The van der Waals surface area contributed by atoms with Crippen LogP contribution in [0.4, 0.5) is 0 Å². The molecule has 3 N–H and O–H groups in total. The smallest absolute Gasteiger partial charge is 0.253 e. The van der Waals surface area contributed by atoms with E-state index in [1.165, 1.54) is 0 Å². The zero-order valence-electron chi connectivity index (χ0n) is 11.8. The average molecular weight is 308 g/mol. The van der Waals surface area contributed by atoms with Crippen LogP contribution in [0.2, 0.25) is 0 Å². The Balaban J connectivity index is 1.95. The van der Waals surface area contributed by atoms with Gasteiger partial charge in [0.15, 0.2) is 0 Å². The van der Waals surface area contributed by atoms with Crippen LogP contribution in [0.3, 0.4) is 0 Å². The maximum Gasteiger partial charge on any atom is 0.253 e. The number of nitrogens with zero attached hydrogens (tertiary/aromatic N) is 1. The molecule has 114 valence electrons. The molecule has 1 aromatic carbocycles. The molecule has 1 heterocycles. The molecule has 1 saturated heterocycles. The maximum atomic E-state index is 12.5. The average Bonchev–Trinajstić information content (AvgIpc) is 2.53. The van der Waals surface area contributed by atoms with E-state index in [4.69, 9.17) is 27.8 Å². The molecular formula is C15H20N2O3S. The fourth-order valence-corrected chi connectivity index (χ4v) is 2.56. The Morgan fingerprint density at radius 3 is 2.67 bits per heavy atom. The fraction of sp³-hybridized carbons (Fsp3) is 0.467. The minimum Gasteiger partial charge on any atom is -0.394 e. The predicted octanol–water partition coefficient (Wildman–Crippen LogP) is 0.934. The normalized spacial score (nSPS) is 16.0. The fourth-order valence-electron chi connectivity index (χ4n) is 2.43. The van der Waals surface area contributed by atoms with E-state index >= 15 is 0 Å². The van der Waals surface area contributed by atoms with Gasteiger partial charge in [0, 0.05) is 24.2 Å². The number of aliphatic hydroxyl groups excluding tert-OH is 1. The third-order valence-electron chi connectivity index (χ3n) is 3.57. The molecule has 0 bridgehead atoms. The number of hydrogen-bond donors (Lipinski definition) is 2. The minimum absolute atomic E-state index is 0.00583. The summed E-state index contributed by atoms with van der Waals surface area (Å²) >= 11 is 4.94. The summed E-state index contributed by atoms with van der Waals surface area (Å²) in [6.07, 6.45) is 1.71. The molecule has 0 aromatic heterocycles. The van der Waals surface area contributed by atoms with Crippen molar-refractivity contribution in [2.75, 3.05) is 26.3 Å². The van der Waals surface area contributed by atoms with Crippen LogP contribution < -0.4 is 5.73 Å². The van der Waals surface area contributed by atoms with Gasteiger partial charge >= 0.3 is 0 Å². The zero-order valence-corrected chi connectivity index (χ0v) is 12.6. The minimum atomic E-state index is -0.00583. The molecule has 0 unspecified atom stereocenters. The van der Waals surface area contributed by atoms with Gasteiger partial charge in [-0.2, -0.15) is 0 Å². The number of ether oxygens (including phenoxy) is 1. The van der Waals surface area contributed by atoms with Gasteiger partial charge in [0.05, 0.1) is 19.3 Å². The quantitative estimate of drug-likeness (QED) is 0.792. The lowest BCUT2D eigenvalue weighted by molar-refractivity contribution is -0.00554. The van der Waals surface area contributed by atoms with E-state index in [1.807, 2.05) is 4.90 Å². The third kappa shape index (κ3) is 4.23. The molecule has 1 aromatic rings. The van der Waals surface area contributed by atoms with Gasteiger partial charge < -0.3 is 20.5 Å². The van der Waals surface area contributed by atoms with Gasteiger partial charge in [-0.1, -0.05) is 24.4 Å². The largest absolute Gasteiger partial charge is 0.394 e. The standard InChI is InChI=1S/C15H20N2O3S/c16-14(21)11-2-1-3-12(10-11)15(19)17-6-4-13(5-7-17)20-9-8-18/h1-3,10,13,18H,4-9H2,(H2,16,21). The van der Waals surface area contributed by atoms with Crippen LogP contribution in [0, 0.1) is 0 Å². The van der Waals surface area contributed by atoms with Crippen molar-refractivity contribution in [1.82, 2.24) is 4.90 Å². The second-order valence-electron chi connectivity index (χ2n) is 5.03. The van der Waals surface area contributed by atoms with E-state index in [2.05, 4.69) is 0 Å². The molecular weight excluding hydrogens is 288 g/mol. The monoisotopic (exact) mass is 308 g/mol. The second kappa shape index (κ2) is 7.49. The van der Waals surface area contributed by atoms with Crippen molar-refractivity contribution in [2.24, 2.45) is 5.73 Å². The summed E-state index contributed by atoms with van der Waals surface area (Å²) in [5, 5.41) is 8.75. The van der Waals surface area contributed by atoms with Gasteiger partial charge in [-0.3, -0.25) is 4.79 Å². The first-order chi connectivity index (χ1) is 10.1. The van der Waals surface area contributed by atoms with Crippen LogP contribution in [-0.2, 0) is 4.74 Å². The van der Waals surface area contributed by atoms with E-state index < -0.39 is 0 Å². The number of likely N-dealkylation sites (tertiary alicyclic amines) is 1. The summed E-state index contributed by atoms with van der Waals surface area (Å²) in [5.74, 6) is -0.00583. The van der Waals surface area contributed by atoms with Gasteiger partial charge in [0.2, 0.25) is 0 Å². The number of rotatable bonds is 5. The number of benzene rings is 1. The van der Waals surface area contributed by atoms with Gasteiger partial charge in [-0.15, -0.1) is 0 Å². The molecule has 1 fully saturated rings. The van der Waals surface area contributed by atoms with E-state index in [-0.39, 0.29) is 18.6 Å². The summed E-state index contributed by atoms with van der Waals surface area (Å²) in [7, 11) is 0. The Morgan fingerprint density at radius 1 is 1.38 bits per heavy atom. The summed E-state index contributed by atoms with van der Waals surface area (Å²) in [4.78, 5) is 14.6. The summed E-state index contributed by atoms with van der Waals surface area (Å²) in [5.41, 5.74) is 6.91. The highest BCUT2D eigenvalue weighted by Crippen LogP contribution is 2.17.